The molecule has 0 atom stereocenters. The third-order valence-corrected chi connectivity index (χ3v) is 4.72. The fraction of sp³-hybridized carbons (Fsp3) is 0.900. The average molecular weight is 328 g/mol. The highest BCUT2D eigenvalue weighted by Gasteiger charge is 2.29. The van der Waals surface area contributed by atoms with Gasteiger partial charge in [0.05, 0.1) is 60.0 Å². The number of rotatable bonds is 12. The molecule has 0 spiro atoms. The van der Waals surface area contributed by atoms with Crippen molar-refractivity contribution in [2.75, 3.05) is 33.8 Å². The van der Waals surface area contributed by atoms with Crippen LogP contribution in [0.5, 0.6) is 0 Å². The van der Waals surface area contributed by atoms with Crippen LogP contribution in [0.2, 0.25) is 0 Å². The van der Waals surface area contributed by atoms with Crippen molar-refractivity contribution in [2.45, 2.75) is 73.6 Å². The Balaban J connectivity index is 4.15. The molecule has 0 rings (SSSR count). The molecule has 0 saturated carbocycles. The van der Waals surface area contributed by atoms with Gasteiger partial charge in [0.2, 0.25) is 0 Å². The molecule has 0 aromatic carbocycles. The SMILES string of the molecule is C[CH+]CCC[N+](C)(C)CCC(=O)OCC(C)(C)CC(C)(C)CC. The van der Waals surface area contributed by atoms with Crippen molar-refractivity contribution in [1.29, 1.82) is 0 Å². The number of ether oxygens (including phenoxy) is 1. The standard InChI is InChI=1S/C20H41NO2/c1-9-11-12-14-21(7,8)15-13-18(22)23-17-20(5,6)16-19(3,4)10-2/h9H,10-17H2,1-8H3/q+2. The molecule has 0 unspecified atom stereocenters. The maximum Gasteiger partial charge on any atom is 0.311 e. The van der Waals surface area contributed by atoms with Crippen molar-refractivity contribution in [2.24, 2.45) is 10.8 Å². The molecule has 0 amide bonds. The molecule has 0 aliphatic carbocycles. The van der Waals surface area contributed by atoms with Crippen molar-refractivity contribution < 1.29 is 14.0 Å². The van der Waals surface area contributed by atoms with E-state index in [0.29, 0.717) is 18.4 Å². The summed E-state index contributed by atoms with van der Waals surface area (Å²) >= 11 is 0. The summed E-state index contributed by atoms with van der Waals surface area (Å²) in [7, 11) is 4.38. The molecule has 136 valence electrons. The second-order valence-electron chi connectivity index (χ2n) is 9.20. The highest BCUT2D eigenvalue weighted by Crippen LogP contribution is 2.36. The number of carbonyl (C=O) groups is 1. The molecule has 0 aliphatic heterocycles. The largest absolute Gasteiger partial charge is 0.465 e. The van der Waals surface area contributed by atoms with E-state index in [4.69, 9.17) is 4.74 Å². The first-order valence-corrected chi connectivity index (χ1v) is 9.18. The minimum absolute atomic E-state index is 0.0382. The molecule has 0 heterocycles. The number of quaternary nitrogens is 1. The summed E-state index contributed by atoms with van der Waals surface area (Å²) in [6.45, 7) is 15.7. The minimum Gasteiger partial charge on any atom is -0.465 e. The molecule has 0 aliphatic rings. The lowest BCUT2D eigenvalue weighted by Gasteiger charge is -2.34. The predicted molar refractivity (Wildman–Crippen MR) is 99.1 cm³/mol. The first-order chi connectivity index (χ1) is 10.4. The van der Waals surface area contributed by atoms with Crippen molar-refractivity contribution in [3.05, 3.63) is 6.42 Å². The van der Waals surface area contributed by atoms with Gasteiger partial charge in [0.25, 0.3) is 0 Å². The molecule has 3 heteroatoms. The fourth-order valence-corrected chi connectivity index (χ4v) is 3.05. The van der Waals surface area contributed by atoms with Crippen molar-refractivity contribution in [1.82, 2.24) is 0 Å². The Hall–Kier alpha value is -0.700. The average Bonchev–Trinajstić information content (AvgIpc) is 2.42. The summed E-state index contributed by atoms with van der Waals surface area (Å²) in [5.74, 6) is -0.0550. The normalized spacial score (nSPS) is 13.0. The van der Waals surface area contributed by atoms with Crippen LogP contribution in [-0.2, 0) is 9.53 Å². The monoisotopic (exact) mass is 327 g/mol. The third-order valence-electron chi connectivity index (χ3n) is 4.72. The summed E-state index contributed by atoms with van der Waals surface area (Å²) in [6.07, 6.45) is 7.25. The summed E-state index contributed by atoms with van der Waals surface area (Å²) in [5.41, 5.74) is 0.335. The molecule has 23 heavy (non-hydrogen) atoms. The quantitative estimate of drug-likeness (QED) is 0.222. The van der Waals surface area contributed by atoms with E-state index in [1.807, 2.05) is 0 Å². The lowest BCUT2D eigenvalue weighted by atomic mass is 9.74. The van der Waals surface area contributed by atoms with Crippen LogP contribution in [0.1, 0.15) is 73.6 Å². The lowest BCUT2D eigenvalue weighted by Crippen LogP contribution is -2.42. The molecular formula is C20H41NO2+2. The molecule has 0 N–H and O–H groups in total. The Morgan fingerprint density at radius 3 is 2.22 bits per heavy atom. The summed E-state index contributed by atoms with van der Waals surface area (Å²) in [5, 5.41) is 0. The van der Waals surface area contributed by atoms with Crippen molar-refractivity contribution in [3.8, 4) is 0 Å². The number of esters is 1. The summed E-state index contributed by atoms with van der Waals surface area (Å²) < 4.78 is 6.45. The third kappa shape index (κ3) is 11.5. The maximum atomic E-state index is 12.1. The Kier molecular flexibility index (Phi) is 9.27. The van der Waals surface area contributed by atoms with Gasteiger partial charge in [0.15, 0.2) is 0 Å². The van der Waals surface area contributed by atoms with E-state index in [9.17, 15) is 4.79 Å². The van der Waals surface area contributed by atoms with Crippen LogP contribution in [0, 0.1) is 17.3 Å². The maximum absolute atomic E-state index is 12.1. The molecule has 0 fully saturated rings. The first-order valence-electron chi connectivity index (χ1n) is 9.18. The molecule has 0 aromatic heterocycles. The van der Waals surface area contributed by atoms with Crippen LogP contribution in [0.25, 0.3) is 0 Å². The second-order valence-corrected chi connectivity index (χ2v) is 9.20. The molecule has 0 saturated heterocycles. The van der Waals surface area contributed by atoms with Gasteiger partial charge in [-0.05, 0) is 17.3 Å². The van der Waals surface area contributed by atoms with Gasteiger partial charge >= 0.3 is 5.97 Å². The van der Waals surface area contributed by atoms with E-state index in [0.717, 1.165) is 36.8 Å². The molecular weight excluding hydrogens is 286 g/mol. The number of unbranched alkanes of at least 4 members (excludes halogenated alkanes) is 2. The summed E-state index contributed by atoms with van der Waals surface area (Å²) in [4.78, 5) is 12.1. The zero-order valence-electron chi connectivity index (χ0n) is 17.0. The van der Waals surface area contributed by atoms with Crippen LogP contribution in [0.3, 0.4) is 0 Å². The summed E-state index contributed by atoms with van der Waals surface area (Å²) in [6, 6.07) is 0. The topological polar surface area (TPSA) is 26.3 Å². The van der Waals surface area contributed by atoms with Crippen LogP contribution >= 0.6 is 0 Å². The Morgan fingerprint density at radius 2 is 1.70 bits per heavy atom. The fourth-order valence-electron chi connectivity index (χ4n) is 3.05. The van der Waals surface area contributed by atoms with Crippen LogP contribution in [-0.4, -0.2) is 44.2 Å². The van der Waals surface area contributed by atoms with E-state index in [1.54, 1.807) is 0 Å². The van der Waals surface area contributed by atoms with E-state index >= 15 is 0 Å². The van der Waals surface area contributed by atoms with Gasteiger partial charge in [-0.25, -0.2) is 0 Å². The second kappa shape index (κ2) is 9.56. The van der Waals surface area contributed by atoms with Gasteiger partial charge in [0.1, 0.15) is 0 Å². The molecule has 0 aromatic rings. The van der Waals surface area contributed by atoms with Gasteiger partial charge in [0, 0.05) is 6.42 Å². The first kappa shape index (κ1) is 22.3. The van der Waals surface area contributed by atoms with Crippen molar-refractivity contribution in [3.63, 3.8) is 0 Å². The number of nitrogens with zero attached hydrogens (tertiary/aromatic N) is 1. The van der Waals surface area contributed by atoms with Crippen molar-refractivity contribution >= 4 is 5.97 Å². The van der Waals surface area contributed by atoms with E-state index < -0.39 is 0 Å². The van der Waals surface area contributed by atoms with Crippen LogP contribution in [0.4, 0.5) is 0 Å². The Labute approximate surface area is 145 Å². The van der Waals surface area contributed by atoms with E-state index in [1.165, 1.54) is 6.42 Å². The number of hydrogen-bond donors (Lipinski definition) is 0. The number of hydrogen-bond acceptors (Lipinski definition) is 2. The zero-order chi connectivity index (χ0) is 18.1. The van der Waals surface area contributed by atoms with Gasteiger partial charge in [-0.15, -0.1) is 0 Å². The molecule has 0 bridgehead atoms. The van der Waals surface area contributed by atoms with Crippen LogP contribution in [0.15, 0.2) is 0 Å². The Bertz CT molecular complexity index is 346. The highest BCUT2D eigenvalue weighted by atomic mass is 16.5. The Morgan fingerprint density at radius 1 is 1.09 bits per heavy atom. The lowest BCUT2D eigenvalue weighted by molar-refractivity contribution is -0.890. The van der Waals surface area contributed by atoms with E-state index in [2.05, 4.69) is 62.1 Å². The minimum atomic E-state index is -0.0550. The zero-order valence-corrected chi connectivity index (χ0v) is 17.0. The smallest absolute Gasteiger partial charge is 0.311 e. The predicted octanol–water partition coefficient (Wildman–Crippen LogP) is 4.85. The highest BCUT2D eigenvalue weighted by molar-refractivity contribution is 5.69. The van der Waals surface area contributed by atoms with Gasteiger partial charge in [-0.3, -0.25) is 4.79 Å². The van der Waals surface area contributed by atoms with E-state index in [-0.39, 0.29) is 11.4 Å². The molecule has 3 nitrogen and oxygen atoms in total. The van der Waals surface area contributed by atoms with Gasteiger partial charge < -0.3 is 9.22 Å². The van der Waals surface area contributed by atoms with Gasteiger partial charge in [-0.1, -0.05) is 41.0 Å². The number of carbonyl (C=O) groups excluding carboxylic acids is 1. The van der Waals surface area contributed by atoms with Gasteiger partial charge in [-0.2, -0.15) is 0 Å². The van der Waals surface area contributed by atoms with Crippen LogP contribution < -0.4 is 0 Å². The molecule has 0 radical (unpaired) electrons.